The van der Waals surface area contributed by atoms with Gasteiger partial charge in [0.25, 0.3) is 0 Å². The molecule has 0 atom stereocenters. The Hall–Kier alpha value is -0.535. The van der Waals surface area contributed by atoms with Crippen LogP contribution in [0.4, 0.5) is 0 Å². The molecule has 0 aliphatic carbocycles. The highest BCUT2D eigenvalue weighted by Gasteiger charge is 2.51. The summed E-state index contributed by atoms with van der Waals surface area (Å²) in [6, 6.07) is 0. The average molecular weight is 222 g/mol. The molecule has 0 aromatic heterocycles. The third-order valence-electron chi connectivity index (χ3n) is 3.40. The Labute approximate surface area is 99.9 Å². The average Bonchev–Trinajstić information content (AvgIpc) is 2.37. The Kier molecular flexibility index (Phi) is 4.03. The van der Waals surface area contributed by atoms with E-state index in [1.54, 1.807) is 0 Å². The summed E-state index contributed by atoms with van der Waals surface area (Å²) >= 11 is 0. The molecule has 1 fully saturated rings. The van der Waals surface area contributed by atoms with Crippen molar-refractivity contribution in [3.8, 4) is 0 Å². The largest absolute Gasteiger partial charge is 0.494 e. The number of hydrogen-bond donors (Lipinski definition) is 0. The highest BCUT2D eigenvalue weighted by atomic mass is 16.7. The van der Waals surface area contributed by atoms with E-state index in [1.807, 2.05) is 13.0 Å². The maximum atomic E-state index is 5.97. The van der Waals surface area contributed by atoms with Crippen molar-refractivity contribution in [2.24, 2.45) is 0 Å². The van der Waals surface area contributed by atoms with Gasteiger partial charge in [-0.15, -0.1) is 0 Å². The molecule has 0 N–H and O–H groups in total. The van der Waals surface area contributed by atoms with Crippen LogP contribution in [0.3, 0.4) is 0 Å². The minimum Gasteiger partial charge on any atom is -0.399 e. The monoisotopic (exact) mass is 222 g/mol. The topological polar surface area (TPSA) is 18.5 Å². The Morgan fingerprint density at radius 1 is 1.12 bits per heavy atom. The Balaban J connectivity index is 2.82. The zero-order valence-corrected chi connectivity index (χ0v) is 11.3. The van der Waals surface area contributed by atoms with Gasteiger partial charge >= 0.3 is 7.12 Å². The van der Waals surface area contributed by atoms with Gasteiger partial charge in [0.2, 0.25) is 0 Å². The van der Waals surface area contributed by atoms with Crippen LogP contribution in [-0.2, 0) is 9.31 Å². The van der Waals surface area contributed by atoms with Crippen molar-refractivity contribution in [2.75, 3.05) is 0 Å². The molecule has 0 saturated carbocycles. The van der Waals surface area contributed by atoms with Crippen molar-refractivity contribution in [2.45, 2.75) is 59.2 Å². The van der Waals surface area contributed by atoms with Gasteiger partial charge < -0.3 is 9.31 Å². The smallest absolute Gasteiger partial charge is 0.399 e. The molecule has 1 aliphatic heterocycles. The van der Waals surface area contributed by atoms with Crippen LogP contribution in [0, 0.1) is 0 Å². The summed E-state index contributed by atoms with van der Waals surface area (Å²) in [6.45, 7) is 12.4. The van der Waals surface area contributed by atoms with Crippen LogP contribution in [-0.4, -0.2) is 18.3 Å². The predicted octanol–water partition coefficient (Wildman–Crippen LogP) is 3.53. The fourth-order valence-electron chi connectivity index (χ4n) is 1.54. The molecule has 0 aromatic rings. The normalized spacial score (nSPS) is 24.4. The van der Waals surface area contributed by atoms with Gasteiger partial charge in [-0.2, -0.15) is 0 Å². The van der Waals surface area contributed by atoms with E-state index in [4.69, 9.17) is 9.31 Å². The van der Waals surface area contributed by atoms with Gasteiger partial charge in [0.05, 0.1) is 11.2 Å². The van der Waals surface area contributed by atoms with Crippen LogP contribution in [0.1, 0.15) is 48.0 Å². The molecule has 0 radical (unpaired) electrons. The molecule has 0 amide bonds. The SMILES string of the molecule is C/C=C(\C=C/CC)B1OC(C)(C)C(C)(C)O1. The predicted molar refractivity (Wildman–Crippen MR) is 69.3 cm³/mol. The van der Waals surface area contributed by atoms with Gasteiger partial charge in [0, 0.05) is 0 Å². The van der Waals surface area contributed by atoms with Crippen molar-refractivity contribution in [3.63, 3.8) is 0 Å². The molecule has 1 saturated heterocycles. The van der Waals surface area contributed by atoms with Crippen molar-refractivity contribution in [3.05, 3.63) is 23.7 Å². The zero-order valence-electron chi connectivity index (χ0n) is 11.3. The highest BCUT2D eigenvalue weighted by molar-refractivity contribution is 6.55. The van der Waals surface area contributed by atoms with Crippen LogP contribution in [0.25, 0.3) is 0 Å². The Morgan fingerprint density at radius 3 is 2.00 bits per heavy atom. The second-order valence-electron chi connectivity index (χ2n) is 5.19. The third kappa shape index (κ3) is 2.58. The Morgan fingerprint density at radius 2 is 1.62 bits per heavy atom. The van der Waals surface area contributed by atoms with Gasteiger partial charge in [-0.25, -0.2) is 0 Å². The lowest BCUT2D eigenvalue weighted by Gasteiger charge is -2.32. The van der Waals surface area contributed by atoms with E-state index in [0.29, 0.717) is 0 Å². The third-order valence-corrected chi connectivity index (χ3v) is 3.40. The van der Waals surface area contributed by atoms with E-state index < -0.39 is 0 Å². The molecule has 3 heteroatoms. The molecular weight excluding hydrogens is 199 g/mol. The molecule has 2 nitrogen and oxygen atoms in total. The molecule has 16 heavy (non-hydrogen) atoms. The maximum absolute atomic E-state index is 5.97. The fourth-order valence-corrected chi connectivity index (χ4v) is 1.54. The van der Waals surface area contributed by atoms with Crippen molar-refractivity contribution in [1.82, 2.24) is 0 Å². The second kappa shape index (κ2) is 4.76. The molecule has 1 rings (SSSR count). The summed E-state index contributed by atoms with van der Waals surface area (Å²) in [6.07, 6.45) is 7.29. The van der Waals surface area contributed by atoms with Gasteiger partial charge in [0.1, 0.15) is 0 Å². The van der Waals surface area contributed by atoms with Crippen LogP contribution in [0.2, 0.25) is 0 Å². The summed E-state index contributed by atoms with van der Waals surface area (Å²) in [5, 5.41) is 0. The summed E-state index contributed by atoms with van der Waals surface area (Å²) in [5.41, 5.74) is 0.582. The van der Waals surface area contributed by atoms with E-state index in [2.05, 4.69) is 46.8 Å². The first-order valence-corrected chi connectivity index (χ1v) is 6.02. The molecule has 0 aromatic carbocycles. The quantitative estimate of drug-likeness (QED) is 0.537. The lowest BCUT2D eigenvalue weighted by atomic mass is 9.77. The minimum absolute atomic E-state index is 0.238. The lowest BCUT2D eigenvalue weighted by molar-refractivity contribution is 0.00578. The highest BCUT2D eigenvalue weighted by Crippen LogP contribution is 2.38. The van der Waals surface area contributed by atoms with Crippen molar-refractivity contribution < 1.29 is 9.31 Å². The molecular formula is C13H23BO2. The zero-order chi connectivity index (χ0) is 12.4. The van der Waals surface area contributed by atoms with Crippen LogP contribution in [0.15, 0.2) is 23.7 Å². The summed E-state index contributed by atoms with van der Waals surface area (Å²) in [7, 11) is -0.238. The molecule has 0 bridgehead atoms. The second-order valence-corrected chi connectivity index (χ2v) is 5.19. The lowest BCUT2D eigenvalue weighted by Crippen LogP contribution is -2.41. The molecule has 0 unspecified atom stereocenters. The summed E-state index contributed by atoms with van der Waals surface area (Å²) in [4.78, 5) is 0. The molecule has 1 aliphatic rings. The Bertz CT molecular complexity index is 287. The van der Waals surface area contributed by atoms with Gasteiger partial charge in [0.15, 0.2) is 0 Å². The first-order valence-electron chi connectivity index (χ1n) is 6.02. The molecule has 90 valence electrons. The van der Waals surface area contributed by atoms with Gasteiger partial charge in [-0.1, -0.05) is 25.2 Å². The molecule has 1 heterocycles. The van der Waals surface area contributed by atoms with Crippen molar-refractivity contribution in [1.29, 1.82) is 0 Å². The first kappa shape index (κ1) is 13.5. The van der Waals surface area contributed by atoms with Gasteiger partial charge in [-0.05, 0) is 46.5 Å². The van der Waals surface area contributed by atoms with Gasteiger partial charge in [-0.3, -0.25) is 0 Å². The van der Waals surface area contributed by atoms with E-state index >= 15 is 0 Å². The minimum atomic E-state index is -0.258. The number of rotatable bonds is 3. The number of hydrogen-bond acceptors (Lipinski definition) is 2. The van der Waals surface area contributed by atoms with Crippen molar-refractivity contribution >= 4 is 7.12 Å². The van der Waals surface area contributed by atoms with E-state index in [9.17, 15) is 0 Å². The van der Waals surface area contributed by atoms with Crippen LogP contribution < -0.4 is 0 Å². The number of allylic oxidation sites excluding steroid dienone is 4. The summed E-state index contributed by atoms with van der Waals surface area (Å²) < 4.78 is 11.9. The van der Waals surface area contributed by atoms with Crippen LogP contribution >= 0.6 is 0 Å². The van der Waals surface area contributed by atoms with E-state index in [1.165, 1.54) is 0 Å². The van der Waals surface area contributed by atoms with Crippen LogP contribution in [0.5, 0.6) is 0 Å². The first-order chi connectivity index (χ1) is 7.34. The van der Waals surface area contributed by atoms with E-state index in [0.717, 1.165) is 11.9 Å². The maximum Gasteiger partial charge on any atom is 0.494 e. The fraction of sp³-hybridized carbons (Fsp3) is 0.692. The summed E-state index contributed by atoms with van der Waals surface area (Å²) in [5.74, 6) is 0. The standard InChI is InChI=1S/C13H23BO2/c1-7-9-10-11(8-2)14-15-12(3,4)13(5,6)16-14/h8-10H,7H2,1-6H3/b10-9-,11-8+. The molecule has 0 spiro atoms. The van der Waals surface area contributed by atoms with E-state index in [-0.39, 0.29) is 18.3 Å².